The van der Waals surface area contributed by atoms with Gasteiger partial charge in [-0.1, -0.05) is 34.5 Å². The molecule has 0 saturated heterocycles. The van der Waals surface area contributed by atoms with Gasteiger partial charge in [-0.05, 0) is 18.2 Å². The van der Waals surface area contributed by atoms with Crippen LogP contribution in [0.25, 0.3) is 0 Å². The molecule has 0 saturated carbocycles. The van der Waals surface area contributed by atoms with Crippen LogP contribution in [-0.2, 0) is 16.8 Å². The van der Waals surface area contributed by atoms with Crippen molar-refractivity contribution in [2.45, 2.75) is 18.4 Å². The first kappa shape index (κ1) is 15.8. The second kappa shape index (κ2) is 6.93. The maximum absolute atomic E-state index is 11.0. The van der Waals surface area contributed by atoms with Crippen molar-refractivity contribution in [1.82, 2.24) is 15.4 Å². The quantitative estimate of drug-likeness (QED) is 0.800. The number of nitrogens with zero attached hydrogens (tertiary/aromatic N) is 2. The molecular formula is C14H15Cl2N3O2. The van der Waals surface area contributed by atoms with Crippen LogP contribution in [0.4, 0.5) is 0 Å². The molecule has 2 rings (SSSR count). The highest BCUT2D eigenvalue weighted by molar-refractivity contribution is 6.35. The molecule has 5 nitrogen and oxygen atoms in total. The maximum Gasteiger partial charge on any atom is 0.100 e. The summed E-state index contributed by atoms with van der Waals surface area (Å²) in [4.78, 5) is 0. The molecule has 1 aromatic heterocycles. The number of ether oxygens (including phenoxy) is 1. The van der Waals surface area contributed by atoms with Crippen LogP contribution in [0, 0.1) is 0 Å². The Bertz CT molecular complexity index is 617. The van der Waals surface area contributed by atoms with E-state index in [2.05, 4.69) is 15.4 Å². The van der Waals surface area contributed by atoms with Crippen LogP contribution in [-0.4, -0.2) is 27.6 Å². The van der Waals surface area contributed by atoms with Gasteiger partial charge in [0.1, 0.15) is 5.60 Å². The van der Waals surface area contributed by atoms with Crippen molar-refractivity contribution >= 4 is 23.2 Å². The Labute approximate surface area is 132 Å². The molecule has 1 unspecified atom stereocenters. The zero-order valence-corrected chi connectivity index (χ0v) is 12.9. The summed E-state index contributed by atoms with van der Waals surface area (Å²) in [7, 11) is 1.54. The Hall–Kier alpha value is -1.56. The van der Waals surface area contributed by atoms with Crippen molar-refractivity contribution in [2.24, 2.45) is 0 Å². The zero-order valence-electron chi connectivity index (χ0n) is 11.4. The van der Waals surface area contributed by atoms with Crippen LogP contribution in [0.5, 0.6) is 0 Å². The van der Waals surface area contributed by atoms with Crippen LogP contribution < -0.4 is 0 Å². The number of rotatable bonds is 6. The highest BCUT2D eigenvalue weighted by atomic mass is 35.5. The lowest BCUT2D eigenvalue weighted by Crippen LogP contribution is -2.28. The van der Waals surface area contributed by atoms with Gasteiger partial charge in [-0.15, -0.1) is 5.10 Å². The van der Waals surface area contributed by atoms with Crippen molar-refractivity contribution in [3.8, 4) is 0 Å². The van der Waals surface area contributed by atoms with Crippen molar-refractivity contribution < 1.29 is 9.84 Å². The molecule has 0 aliphatic carbocycles. The molecule has 1 aromatic carbocycles. The van der Waals surface area contributed by atoms with Gasteiger partial charge in [-0.2, -0.15) is 0 Å². The van der Waals surface area contributed by atoms with Gasteiger partial charge in [-0.25, -0.2) is 0 Å². The van der Waals surface area contributed by atoms with Gasteiger partial charge in [0.2, 0.25) is 0 Å². The van der Waals surface area contributed by atoms with Gasteiger partial charge in [0.15, 0.2) is 0 Å². The second-order valence-electron chi connectivity index (χ2n) is 4.61. The molecule has 0 radical (unpaired) electrons. The second-order valence-corrected chi connectivity index (χ2v) is 5.45. The molecule has 1 atom stereocenters. The van der Waals surface area contributed by atoms with E-state index in [4.69, 9.17) is 27.9 Å². The lowest BCUT2D eigenvalue weighted by Gasteiger charge is -2.27. The minimum Gasteiger partial charge on any atom is -0.505 e. The minimum absolute atomic E-state index is 0.263. The average Bonchev–Trinajstić information content (AvgIpc) is 2.91. The Balaban J connectivity index is 2.36. The largest absolute Gasteiger partial charge is 0.505 e. The summed E-state index contributed by atoms with van der Waals surface area (Å²) in [5.41, 5.74) is -0.0141. The number of benzene rings is 1. The number of H-pyrrole nitrogens is 1. The van der Waals surface area contributed by atoms with Crippen molar-refractivity contribution in [3.63, 3.8) is 0 Å². The molecule has 2 N–H and O–H groups in total. The van der Waals surface area contributed by atoms with Gasteiger partial charge in [-0.3, -0.25) is 5.10 Å². The van der Waals surface area contributed by atoms with Crippen molar-refractivity contribution in [1.29, 1.82) is 0 Å². The number of halogens is 2. The van der Waals surface area contributed by atoms with Gasteiger partial charge in [0.25, 0.3) is 0 Å². The number of hydrogen-bond acceptors (Lipinski definition) is 4. The molecule has 0 aliphatic heterocycles. The van der Waals surface area contributed by atoms with E-state index in [1.165, 1.54) is 6.26 Å². The number of aromatic nitrogens is 3. The lowest BCUT2D eigenvalue weighted by atomic mass is 9.86. The number of hydrogen-bond donors (Lipinski definition) is 2. The number of aliphatic hydroxyl groups is 1. The minimum atomic E-state index is -1.23. The number of aromatic amines is 1. The third-order valence-corrected chi connectivity index (χ3v) is 3.61. The summed E-state index contributed by atoms with van der Waals surface area (Å²) in [5, 5.41) is 22.1. The molecule has 0 aliphatic rings. The smallest absolute Gasteiger partial charge is 0.100 e. The van der Waals surface area contributed by atoms with E-state index in [1.54, 1.807) is 37.6 Å². The first-order valence-electron chi connectivity index (χ1n) is 6.26. The van der Waals surface area contributed by atoms with Gasteiger partial charge in [0.05, 0.1) is 19.1 Å². The molecule has 0 amide bonds. The monoisotopic (exact) mass is 327 g/mol. The predicted molar refractivity (Wildman–Crippen MR) is 81.2 cm³/mol. The standard InChI is InChI=1S/C14H15Cl2N3O2/c1-21-6-2-5-14(20,8-11-9-17-19-18-11)12-4-3-10(15)7-13(12)16/h2-4,6-7,9,20H,5,8H2,1H3,(H,17,18,19). The van der Waals surface area contributed by atoms with E-state index < -0.39 is 5.60 Å². The Morgan fingerprint density at radius 2 is 2.24 bits per heavy atom. The van der Waals surface area contributed by atoms with Gasteiger partial charge in [0, 0.05) is 34.6 Å². The molecule has 0 spiro atoms. The van der Waals surface area contributed by atoms with Crippen LogP contribution in [0.1, 0.15) is 17.7 Å². The van der Waals surface area contributed by atoms with Crippen LogP contribution in [0.3, 0.4) is 0 Å². The molecule has 21 heavy (non-hydrogen) atoms. The van der Waals surface area contributed by atoms with E-state index in [0.29, 0.717) is 27.7 Å². The first-order chi connectivity index (χ1) is 10.0. The zero-order chi connectivity index (χ0) is 15.3. The summed E-state index contributed by atoms with van der Waals surface area (Å²) in [6.07, 6.45) is 5.45. The summed E-state index contributed by atoms with van der Waals surface area (Å²) in [5.74, 6) is 0. The van der Waals surface area contributed by atoms with E-state index in [9.17, 15) is 5.11 Å². The molecule has 2 aromatic rings. The van der Waals surface area contributed by atoms with E-state index in [-0.39, 0.29) is 6.42 Å². The number of nitrogens with one attached hydrogen (secondary N) is 1. The Kier molecular flexibility index (Phi) is 5.22. The summed E-state index contributed by atoms with van der Waals surface area (Å²) < 4.78 is 4.88. The summed E-state index contributed by atoms with van der Waals surface area (Å²) >= 11 is 12.1. The molecule has 0 bridgehead atoms. The van der Waals surface area contributed by atoms with Crippen molar-refractivity contribution in [2.75, 3.05) is 7.11 Å². The fourth-order valence-corrected chi connectivity index (χ4v) is 2.68. The molecule has 7 heteroatoms. The first-order valence-corrected chi connectivity index (χ1v) is 7.02. The predicted octanol–water partition coefficient (Wildman–Crippen LogP) is 3.09. The van der Waals surface area contributed by atoms with Crippen molar-refractivity contribution in [3.05, 3.63) is 58.0 Å². The summed E-state index contributed by atoms with van der Waals surface area (Å²) in [6.45, 7) is 0. The van der Waals surface area contributed by atoms with E-state index in [0.717, 1.165) is 0 Å². The SMILES string of the molecule is COC=CCC(O)(Cc1c[nH]nn1)c1ccc(Cl)cc1Cl. The Morgan fingerprint density at radius 1 is 1.43 bits per heavy atom. The van der Waals surface area contributed by atoms with E-state index >= 15 is 0 Å². The average molecular weight is 328 g/mol. The van der Waals surface area contributed by atoms with Crippen LogP contribution >= 0.6 is 23.2 Å². The molecule has 112 valence electrons. The van der Waals surface area contributed by atoms with Gasteiger partial charge < -0.3 is 9.84 Å². The highest BCUT2D eigenvalue weighted by Gasteiger charge is 2.31. The fourth-order valence-electron chi connectivity index (χ4n) is 2.09. The lowest BCUT2D eigenvalue weighted by molar-refractivity contribution is 0.0385. The third kappa shape index (κ3) is 3.97. The Morgan fingerprint density at radius 3 is 2.86 bits per heavy atom. The highest BCUT2D eigenvalue weighted by Crippen LogP contribution is 2.35. The number of methoxy groups -OCH3 is 1. The van der Waals surface area contributed by atoms with E-state index in [1.807, 2.05) is 0 Å². The molecule has 0 fully saturated rings. The van der Waals surface area contributed by atoms with Crippen LogP contribution in [0.15, 0.2) is 36.7 Å². The molecular weight excluding hydrogens is 313 g/mol. The normalized spacial score (nSPS) is 14.3. The van der Waals surface area contributed by atoms with Crippen LogP contribution in [0.2, 0.25) is 10.0 Å². The topological polar surface area (TPSA) is 71.0 Å². The molecule has 1 heterocycles. The fraction of sp³-hybridized carbons (Fsp3) is 0.286. The third-order valence-electron chi connectivity index (χ3n) is 3.06. The summed E-state index contributed by atoms with van der Waals surface area (Å²) in [6, 6.07) is 5.01. The van der Waals surface area contributed by atoms with Gasteiger partial charge >= 0.3 is 0 Å². The maximum atomic E-state index is 11.0.